The van der Waals surface area contributed by atoms with Crippen LogP contribution in [0.25, 0.3) is 5.65 Å². The number of hydrogen-bond acceptors (Lipinski definition) is 2. The van der Waals surface area contributed by atoms with Crippen molar-refractivity contribution in [3.63, 3.8) is 0 Å². The lowest BCUT2D eigenvalue weighted by atomic mass is 9.78. The monoisotopic (exact) mass is 201 g/mol. The molecule has 78 valence electrons. The van der Waals surface area contributed by atoms with Crippen LogP contribution >= 0.6 is 0 Å². The molecule has 0 saturated heterocycles. The third kappa shape index (κ3) is 1.39. The molecule has 1 saturated carbocycles. The van der Waals surface area contributed by atoms with Crippen LogP contribution in [0.4, 0.5) is 5.82 Å². The highest BCUT2D eigenvalue weighted by Gasteiger charge is 2.31. The Bertz CT molecular complexity index is 482. The summed E-state index contributed by atoms with van der Waals surface area (Å²) >= 11 is 0. The lowest BCUT2D eigenvalue weighted by Crippen LogP contribution is -2.42. The van der Waals surface area contributed by atoms with Gasteiger partial charge in [-0.3, -0.25) is 4.40 Å². The molecular formula is C12H15N3. The van der Waals surface area contributed by atoms with Gasteiger partial charge in [0.25, 0.3) is 0 Å². The number of rotatable bonds is 2. The maximum Gasteiger partial charge on any atom is 0.138 e. The molecule has 2 aromatic rings. The van der Waals surface area contributed by atoms with Crippen molar-refractivity contribution in [1.82, 2.24) is 9.38 Å². The zero-order valence-electron chi connectivity index (χ0n) is 8.90. The van der Waals surface area contributed by atoms with Crippen molar-refractivity contribution in [2.45, 2.75) is 31.7 Å². The van der Waals surface area contributed by atoms with Crippen molar-refractivity contribution in [3.8, 4) is 0 Å². The van der Waals surface area contributed by atoms with Gasteiger partial charge in [0.2, 0.25) is 0 Å². The van der Waals surface area contributed by atoms with Gasteiger partial charge in [-0.2, -0.15) is 0 Å². The largest absolute Gasteiger partial charge is 0.366 e. The predicted octanol–water partition coefficient (Wildman–Crippen LogP) is 2.69. The Morgan fingerprint density at radius 1 is 1.40 bits per heavy atom. The van der Waals surface area contributed by atoms with E-state index in [4.69, 9.17) is 0 Å². The Kier molecular flexibility index (Phi) is 1.75. The third-order valence-electron chi connectivity index (χ3n) is 3.32. The van der Waals surface area contributed by atoms with E-state index in [1.807, 2.05) is 24.5 Å². The normalized spacial score (nSPS) is 18.7. The standard InChI is InChI=1S/C12H15N3/c1-12(6-3-7-12)14-11-5-2-4-10-13-8-9-15(10)11/h2,4-5,8-9,14H,3,6-7H2,1H3. The molecule has 0 aliphatic heterocycles. The van der Waals surface area contributed by atoms with E-state index in [0.29, 0.717) is 5.54 Å². The summed E-state index contributed by atoms with van der Waals surface area (Å²) in [7, 11) is 0. The van der Waals surface area contributed by atoms with Crippen molar-refractivity contribution in [1.29, 1.82) is 0 Å². The summed E-state index contributed by atoms with van der Waals surface area (Å²) in [6.45, 7) is 2.28. The fraction of sp³-hybridized carbons (Fsp3) is 0.417. The van der Waals surface area contributed by atoms with Crippen LogP contribution in [0.3, 0.4) is 0 Å². The second-order valence-electron chi connectivity index (χ2n) is 4.61. The number of aromatic nitrogens is 2. The summed E-state index contributed by atoms with van der Waals surface area (Å²) in [5.74, 6) is 1.15. The van der Waals surface area contributed by atoms with Crippen molar-refractivity contribution >= 4 is 11.5 Å². The molecule has 2 aromatic heterocycles. The zero-order chi connectivity index (χ0) is 10.3. The van der Waals surface area contributed by atoms with Gasteiger partial charge in [-0.05, 0) is 38.3 Å². The molecule has 0 bridgehead atoms. The van der Waals surface area contributed by atoms with Crippen molar-refractivity contribution in [3.05, 3.63) is 30.6 Å². The second kappa shape index (κ2) is 2.99. The topological polar surface area (TPSA) is 29.3 Å². The minimum absolute atomic E-state index is 0.290. The average Bonchev–Trinajstić information content (AvgIpc) is 2.64. The van der Waals surface area contributed by atoms with Crippen molar-refractivity contribution in [2.75, 3.05) is 5.32 Å². The summed E-state index contributed by atoms with van der Waals surface area (Å²) in [5, 5.41) is 3.61. The number of hydrogen-bond donors (Lipinski definition) is 1. The van der Waals surface area contributed by atoms with Gasteiger partial charge in [-0.15, -0.1) is 0 Å². The summed E-state index contributed by atoms with van der Waals surface area (Å²) in [6, 6.07) is 6.18. The lowest BCUT2D eigenvalue weighted by molar-refractivity contribution is 0.305. The molecule has 3 rings (SSSR count). The van der Waals surface area contributed by atoms with E-state index in [0.717, 1.165) is 11.5 Å². The second-order valence-corrected chi connectivity index (χ2v) is 4.61. The van der Waals surface area contributed by atoms with Crippen LogP contribution in [-0.4, -0.2) is 14.9 Å². The van der Waals surface area contributed by atoms with Gasteiger partial charge < -0.3 is 5.32 Å². The van der Waals surface area contributed by atoms with Gasteiger partial charge >= 0.3 is 0 Å². The van der Waals surface area contributed by atoms with Gasteiger partial charge in [0.05, 0.1) is 0 Å². The van der Waals surface area contributed by atoms with Gasteiger partial charge in [-0.1, -0.05) is 6.07 Å². The van der Waals surface area contributed by atoms with Gasteiger partial charge in [0, 0.05) is 17.9 Å². The Morgan fingerprint density at radius 2 is 2.27 bits per heavy atom. The van der Waals surface area contributed by atoms with E-state index in [1.165, 1.54) is 19.3 Å². The smallest absolute Gasteiger partial charge is 0.138 e. The van der Waals surface area contributed by atoms with Crippen molar-refractivity contribution in [2.24, 2.45) is 0 Å². The Balaban J connectivity index is 1.99. The van der Waals surface area contributed by atoms with Gasteiger partial charge in [-0.25, -0.2) is 4.98 Å². The fourth-order valence-corrected chi connectivity index (χ4v) is 2.19. The molecule has 0 aromatic carbocycles. The number of fused-ring (bicyclic) bond motifs is 1. The minimum Gasteiger partial charge on any atom is -0.366 e. The SMILES string of the molecule is CC1(Nc2cccc3nccn23)CCC1. The molecule has 1 N–H and O–H groups in total. The highest BCUT2D eigenvalue weighted by molar-refractivity contribution is 5.51. The molecule has 1 aliphatic carbocycles. The molecular weight excluding hydrogens is 186 g/mol. The first-order valence-corrected chi connectivity index (χ1v) is 5.47. The number of anilines is 1. The van der Waals surface area contributed by atoms with E-state index >= 15 is 0 Å². The van der Waals surface area contributed by atoms with Crippen LogP contribution in [0.2, 0.25) is 0 Å². The average molecular weight is 201 g/mol. The molecule has 1 fully saturated rings. The van der Waals surface area contributed by atoms with E-state index in [-0.39, 0.29) is 0 Å². The molecule has 3 nitrogen and oxygen atoms in total. The van der Waals surface area contributed by atoms with Crippen LogP contribution in [0, 0.1) is 0 Å². The fourth-order valence-electron chi connectivity index (χ4n) is 2.19. The van der Waals surface area contributed by atoms with Crippen LogP contribution in [0.15, 0.2) is 30.6 Å². The number of pyridine rings is 1. The maximum atomic E-state index is 4.28. The number of nitrogens with one attached hydrogen (secondary N) is 1. The Hall–Kier alpha value is -1.51. The highest BCUT2D eigenvalue weighted by atomic mass is 15.1. The molecule has 15 heavy (non-hydrogen) atoms. The molecule has 0 atom stereocenters. The highest BCUT2D eigenvalue weighted by Crippen LogP contribution is 2.34. The molecule has 2 heterocycles. The minimum atomic E-state index is 0.290. The third-order valence-corrected chi connectivity index (χ3v) is 3.32. The van der Waals surface area contributed by atoms with Crippen LogP contribution < -0.4 is 5.32 Å². The zero-order valence-corrected chi connectivity index (χ0v) is 8.90. The summed E-state index contributed by atoms with van der Waals surface area (Å²) in [4.78, 5) is 4.28. The van der Waals surface area contributed by atoms with Crippen molar-refractivity contribution < 1.29 is 0 Å². The van der Waals surface area contributed by atoms with Crippen LogP contribution in [-0.2, 0) is 0 Å². The lowest BCUT2D eigenvalue weighted by Gasteiger charge is -2.40. The first-order valence-electron chi connectivity index (χ1n) is 5.47. The van der Waals surface area contributed by atoms with E-state index in [9.17, 15) is 0 Å². The molecule has 0 amide bonds. The first-order chi connectivity index (χ1) is 7.27. The Labute approximate surface area is 89.1 Å². The van der Waals surface area contributed by atoms with Gasteiger partial charge in [0.15, 0.2) is 0 Å². The molecule has 1 aliphatic rings. The molecule has 0 spiro atoms. The predicted molar refractivity (Wildman–Crippen MR) is 61.1 cm³/mol. The van der Waals surface area contributed by atoms with Gasteiger partial charge in [0.1, 0.15) is 11.5 Å². The van der Waals surface area contributed by atoms with Crippen LogP contribution in [0.5, 0.6) is 0 Å². The first kappa shape index (κ1) is 8.77. The van der Waals surface area contributed by atoms with E-state index < -0.39 is 0 Å². The number of imidazole rings is 1. The summed E-state index contributed by atoms with van der Waals surface area (Å²) in [6.07, 6.45) is 7.70. The van der Waals surface area contributed by atoms with E-state index in [2.05, 4.69) is 27.7 Å². The molecule has 0 unspecified atom stereocenters. The Morgan fingerprint density at radius 3 is 3.00 bits per heavy atom. The maximum absolute atomic E-state index is 4.28. The summed E-state index contributed by atoms with van der Waals surface area (Å²) < 4.78 is 2.10. The molecule has 3 heteroatoms. The summed E-state index contributed by atoms with van der Waals surface area (Å²) in [5.41, 5.74) is 1.29. The van der Waals surface area contributed by atoms with E-state index in [1.54, 1.807) is 0 Å². The quantitative estimate of drug-likeness (QED) is 0.809. The number of nitrogens with zero attached hydrogens (tertiary/aromatic N) is 2. The van der Waals surface area contributed by atoms with Crippen LogP contribution in [0.1, 0.15) is 26.2 Å². The molecule has 0 radical (unpaired) electrons.